The Kier molecular flexibility index (Phi) is 8.16. The van der Waals surface area contributed by atoms with Crippen molar-refractivity contribution in [1.82, 2.24) is 18.8 Å². The van der Waals surface area contributed by atoms with Crippen LogP contribution in [0.4, 0.5) is 19.1 Å². The van der Waals surface area contributed by atoms with Crippen molar-refractivity contribution in [3.63, 3.8) is 0 Å². The Morgan fingerprint density at radius 3 is 2.47 bits per heavy atom. The number of anilines is 1. The summed E-state index contributed by atoms with van der Waals surface area (Å²) in [5.41, 5.74) is 1.22. The number of nitrogens with one attached hydrogen (secondary N) is 1. The van der Waals surface area contributed by atoms with E-state index in [9.17, 15) is 26.4 Å². The number of pyridine rings is 1. The first kappa shape index (κ1) is 27.7. The number of ether oxygens (including phenoxy) is 1. The summed E-state index contributed by atoms with van der Waals surface area (Å²) in [5.74, 6) is -1.06. The number of hydrogen-bond acceptors (Lipinski definition) is 7. The maximum Gasteiger partial charge on any atom is 0.404 e. The van der Waals surface area contributed by atoms with Crippen LogP contribution >= 0.6 is 12.4 Å². The Bertz CT molecular complexity index is 1410. The summed E-state index contributed by atoms with van der Waals surface area (Å²) >= 11 is 0. The molecule has 0 bridgehead atoms. The van der Waals surface area contributed by atoms with Gasteiger partial charge in [0.05, 0.1) is 12.7 Å². The molecule has 1 fully saturated rings. The van der Waals surface area contributed by atoms with E-state index in [2.05, 4.69) is 15.3 Å². The molecule has 4 rings (SSSR count). The second kappa shape index (κ2) is 10.6. The third-order valence-corrected chi connectivity index (χ3v) is 7.72. The number of piperidine rings is 1. The highest BCUT2D eigenvalue weighted by molar-refractivity contribution is 7.89. The van der Waals surface area contributed by atoms with E-state index in [4.69, 9.17) is 4.74 Å². The number of alkyl halides is 3. The van der Waals surface area contributed by atoms with Crippen molar-refractivity contribution in [3.8, 4) is 16.9 Å². The number of aryl methyl sites for hydroxylation is 1. The van der Waals surface area contributed by atoms with Gasteiger partial charge in [-0.25, -0.2) is 17.7 Å². The third-order valence-electron chi connectivity index (χ3n) is 5.87. The van der Waals surface area contributed by atoms with Crippen molar-refractivity contribution >= 4 is 39.4 Å². The highest BCUT2D eigenvalue weighted by atomic mass is 35.5. The zero-order valence-corrected chi connectivity index (χ0v) is 21.1. The summed E-state index contributed by atoms with van der Waals surface area (Å²) in [6.45, 7) is -0.0746. The number of rotatable bonds is 6. The largest absolute Gasteiger partial charge is 0.496 e. The summed E-state index contributed by atoms with van der Waals surface area (Å²) in [5, 5.41) is 3.73. The number of sulfonamides is 1. The minimum Gasteiger partial charge on any atom is -0.496 e. The molecule has 2 aromatic heterocycles. The van der Waals surface area contributed by atoms with E-state index in [1.807, 2.05) is 12.1 Å². The molecule has 1 N–H and O–H groups in total. The van der Waals surface area contributed by atoms with Gasteiger partial charge in [-0.3, -0.25) is 9.36 Å². The van der Waals surface area contributed by atoms with Crippen LogP contribution in [0.2, 0.25) is 0 Å². The van der Waals surface area contributed by atoms with Crippen LogP contribution in [0.1, 0.15) is 12.8 Å². The van der Waals surface area contributed by atoms with Crippen LogP contribution in [-0.4, -0.2) is 65.4 Å². The Balaban J connectivity index is 0.00000361. The molecule has 1 saturated heterocycles. The van der Waals surface area contributed by atoms with Crippen LogP contribution < -0.4 is 15.6 Å². The summed E-state index contributed by atoms with van der Waals surface area (Å²) in [7, 11) is -1.28. The topological polar surface area (TPSA) is 106 Å². The molecule has 0 radical (unpaired) electrons. The fourth-order valence-electron chi connectivity index (χ4n) is 4.14. The number of halogens is 4. The number of methoxy groups -OCH3 is 1. The fourth-order valence-corrected chi connectivity index (χ4v) is 5.50. The van der Waals surface area contributed by atoms with Gasteiger partial charge in [0.15, 0.2) is 5.75 Å². The second-order valence-corrected chi connectivity index (χ2v) is 10.3. The summed E-state index contributed by atoms with van der Waals surface area (Å²) in [6, 6.07) is 8.65. The predicted molar refractivity (Wildman–Crippen MR) is 132 cm³/mol. The molecule has 196 valence electrons. The Hall–Kier alpha value is -2.90. The smallest absolute Gasteiger partial charge is 0.404 e. The van der Waals surface area contributed by atoms with Gasteiger partial charge in [0, 0.05) is 43.3 Å². The fraction of sp³-hybridized carbons (Fsp3) is 0.409. The number of nitrogens with zero attached hydrogens (tertiary/aromatic N) is 4. The maximum absolute atomic E-state index is 13.1. The van der Waals surface area contributed by atoms with Crippen LogP contribution in [0.3, 0.4) is 0 Å². The van der Waals surface area contributed by atoms with Crippen molar-refractivity contribution in [2.45, 2.75) is 25.1 Å². The summed E-state index contributed by atoms with van der Waals surface area (Å²) < 4.78 is 69.3. The predicted octanol–water partition coefficient (Wildman–Crippen LogP) is 3.19. The van der Waals surface area contributed by atoms with E-state index in [1.165, 1.54) is 11.7 Å². The van der Waals surface area contributed by atoms with Gasteiger partial charge in [0.25, 0.3) is 5.56 Å². The van der Waals surface area contributed by atoms with Crippen molar-refractivity contribution in [2.24, 2.45) is 7.05 Å². The van der Waals surface area contributed by atoms with E-state index in [-0.39, 0.29) is 43.0 Å². The molecule has 0 saturated carbocycles. The molecule has 1 aliphatic rings. The minimum absolute atomic E-state index is 0. The lowest BCUT2D eigenvalue weighted by Crippen LogP contribution is -2.45. The van der Waals surface area contributed by atoms with E-state index < -0.39 is 22.0 Å². The molecule has 0 aliphatic carbocycles. The van der Waals surface area contributed by atoms with E-state index in [1.54, 1.807) is 31.4 Å². The van der Waals surface area contributed by atoms with Gasteiger partial charge in [0.2, 0.25) is 16.0 Å². The van der Waals surface area contributed by atoms with Gasteiger partial charge in [-0.05, 0) is 25.0 Å². The molecule has 3 aromatic rings. The zero-order valence-electron chi connectivity index (χ0n) is 19.4. The molecular formula is C22H25ClF3N5O4S. The maximum atomic E-state index is 13.1. The molecular weight excluding hydrogens is 523 g/mol. The number of aromatic nitrogens is 3. The molecule has 0 unspecified atom stereocenters. The normalized spacial score (nSPS) is 15.5. The number of benzene rings is 1. The van der Waals surface area contributed by atoms with Crippen LogP contribution in [0.15, 0.2) is 41.3 Å². The van der Waals surface area contributed by atoms with Crippen LogP contribution in [0.5, 0.6) is 5.75 Å². The van der Waals surface area contributed by atoms with Crippen molar-refractivity contribution in [3.05, 3.63) is 46.9 Å². The standard InChI is InChI=1S/C22H24F3N5O4S.ClH/c1-29-19-14(11-17(20(29)31)16-5-3-4-6-18(16)34-2)12-26-21(28-19)27-15-7-9-30(10-8-15)35(32,33)13-22(23,24)25;/h3-6,11-12,15H,7-10,13H2,1-2H3,(H,26,27,28);1H. The average Bonchev–Trinajstić information content (AvgIpc) is 2.80. The lowest BCUT2D eigenvalue weighted by Gasteiger charge is -2.31. The minimum atomic E-state index is -4.78. The van der Waals surface area contributed by atoms with Gasteiger partial charge < -0.3 is 10.1 Å². The first-order chi connectivity index (χ1) is 16.5. The van der Waals surface area contributed by atoms with Gasteiger partial charge >= 0.3 is 6.18 Å². The Labute approximate surface area is 211 Å². The Morgan fingerprint density at radius 1 is 1.17 bits per heavy atom. The number of fused-ring (bicyclic) bond motifs is 1. The molecule has 14 heteroatoms. The lowest BCUT2D eigenvalue weighted by molar-refractivity contribution is -0.107. The first-order valence-electron chi connectivity index (χ1n) is 10.8. The molecule has 36 heavy (non-hydrogen) atoms. The molecule has 3 heterocycles. The highest BCUT2D eigenvalue weighted by Crippen LogP contribution is 2.29. The Morgan fingerprint density at radius 2 is 1.83 bits per heavy atom. The molecule has 0 atom stereocenters. The van der Waals surface area contributed by atoms with Crippen molar-refractivity contribution in [1.29, 1.82) is 0 Å². The van der Waals surface area contributed by atoms with Gasteiger partial charge in [-0.2, -0.15) is 18.2 Å². The first-order valence-corrected chi connectivity index (χ1v) is 12.4. The number of para-hydroxylation sites is 1. The van der Waals surface area contributed by atoms with Crippen molar-refractivity contribution in [2.75, 3.05) is 31.3 Å². The average molecular weight is 548 g/mol. The van der Waals surface area contributed by atoms with E-state index >= 15 is 0 Å². The monoisotopic (exact) mass is 547 g/mol. The van der Waals surface area contributed by atoms with E-state index in [0.29, 0.717) is 40.8 Å². The molecule has 1 aliphatic heterocycles. The quantitative estimate of drug-likeness (QED) is 0.505. The van der Waals surface area contributed by atoms with Crippen LogP contribution in [-0.2, 0) is 17.1 Å². The van der Waals surface area contributed by atoms with Crippen LogP contribution in [0, 0.1) is 0 Å². The lowest BCUT2D eigenvalue weighted by atomic mass is 10.1. The van der Waals surface area contributed by atoms with E-state index in [0.717, 1.165) is 4.31 Å². The number of hydrogen-bond donors (Lipinski definition) is 1. The van der Waals surface area contributed by atoms with Crippen molar-refractivity contribution < 1.29 is 26.3 Å². The highest BCUT2D eigenvalue weighted by Gasteiger charge is 2.39. The molecule has 0 amide bonds. The van der Waals surface area contributed by atoms with Crippen LogP contribution in [0.25, 0.3) is 22.2 Å². The molecule has 9 nitrogen and oxygen atoms in total. The summed E-state index contributed by atoms with van der Waals surface area (Å²) in [4.78, 5) is 21.8. The SMILES string of the molecule is COc1ccccc1-c1cc2cnc(NC3CCN(S(=O)(=O)CC(F)(F)F)CC3)nc2n(C)c1=O.Cl. The van der Waals surface area contributed by atoms with Gasteiger partial charge in [-0.15, -0.1) is 12.4 Å². The molecule has 1 aromatic carbocycles. The summed E-state index contributed by atoms with van der Waals surface area (Å²) in [6.07, 6.45) is -2.62. The van der Waals surface area contributed by atoms with Gasteiger partial charge in [-0.1, -0.05) is 18.2 Å². The molecule has 0 spiro atoms. The second-order valence-electron chi connectivity index (χ2n) is 8.28. The zero-order chi connectivity index (χ0) is 25.4. The third kappa shape index (κ3) is 5.90. The van der Waals surface area contributed by atoms with Gasteiger partial charge in [0.1, 0.15) is 11.4 Å².